The van der Waals surface area contributed by atoms with Crippen LogP contribution in [0.2, 0.25) is 0 Å². The molecule has 0 aromatic rings. The van der Waals surface area contributed by atoms with Crippen molar-refractivity contribution in [2.45, 2.75) is 47.5 Å². The summed E-state index contributed by atoms with van der Waals surface area (Å²) in [6.07, 6.45) is 0.861. The third kappa shape index (κ3) is 4.95. The standard InChI is InChI=1S/C12H20O2/c1-8(2)6-11(14)7-12(9(3)4)10(5)13/h8H,6-7H2,1-5H3. The summed E-state index contributed by atoms with van der Waals surface area (Å²) in [6, 6.07) is 0. The van der Waals surface area contributed by atoms with Crippen LogP contribution < -0.4 is 0 Å². The number of hydrogen-bond donors (Lipinski definition) is 0. The average molecular weight is 196 g/mol. The lowest BCUT2D eigenvalue weighted by molar-refractivity contribution is -0.121. The predicted octanol–water partition coefficient (Wildman–Crippen LogP) is 2.92. The molecule has 0 aliphatic heterocycles. The van der Waals surface area contributed by atoms with E-state index in [0.29, 0.717) is 24.3 Å². The maximum atomic E-state index is 11.5. The van der Waals surface area contributed by atoms with E-state index in [-0.39, 0.29) is 11.6 Å². The second kappa shape index (κ2) is 5.74. The maximum Gasteiger partial charge on any atom is 0.156 e. The highest BCUT2D eigenvalue weighted by Crippen LogP contribution is 2.13. The molecule has 0 aromatic heterocycles. The normalized spacial score (nSPS) is 10.1. The van der Waals surface area contributed by atoms with E-state index in [2.05, 4.69) is 0 Å². The Morgan fingerprint density at radius 3 is 1.86 bits per heavy atom. The van der Waals surface area contributed by atoms with Crippen LogP contribution in [0.3, 0.4) is 0 Å². The Hall–Kier alpha value is -0.920. The number of allylic oxidation sites excluding steroid dienone is 2. The van der Waals surface area contributed by atoms with Crippen molar-refractivity contribution in [3.8, 4) is 0 Å². The fourth-order valence-electron chi connectivity index (χ4n) is 1.38. The van der Waals surface area contributed by atoms with Crippen molar-refractivity contribution in [1.29, 1.82) is 0 Å². The summed E-state index contributed by atoms with van der Waals surface area (Å²) in [5.41, 5.74) is 1.63. The molecular weight excluding hydrogens is 176 g/mol. The molecule has 0 fully saturated rings. The summed E-state index contributed by atoms with van der Waals surface area (Å²) >= 11 is 0. The van der Waals surface area contributed by atoms with E-state index < -0.39 is 0 Å². The largest absolute Gasteiger partial charge is 0.299 e. The Labute approximate surface area is 86.4 Å². The molecule has 0 bridgehead atoms. The number of Topliss-reactive ketones (excluding diaryl/α,β-unsaturated/α-hetero) is 2. The van der Waals surface area contributed by atoms with Crippen molar-refractivity contribution in [3.05, 3.63) is 11.1 Å². The van der Waals surface area contributed by atoms with Crippen LogP contribution in [0.1, 0.15) is 47.5 Å². The van der Waals surface area contributed by atoms with Crippen LogP contribution >= 0.6 is 0 Å². The van der Waals surface area contributed by atoms with Gasteiger partial charge in [-0.2, -0.15) is 0 Å². The molecule has 0 N–H and O–H groups in total. The minimum Gasteiger partial charge on any atom is -0.299 e. The van der Waals surface area contributed by atoms with Crippen molar-refractivity contribution in [1.82, 2.24) is 0 Å². The molecular formula is C12H20O2. The lowest BCUT2D eigenvalue weighted by atomic mass is 9.97. The van der Waals surface area contributed by atoms with E-state index >= 15 is 0 Å². The first kappa shape index (κ1) is 13.1. The Morgan fingerprint density at radius 2 is 1.57 bits per heavy atom. The minimum absolute atomic E-state index is 0.0158. The van der Waals surface area contributed by atoms with Crippen LogP contribution in [0.5, 0.6) is 0 Å². The monoisotopic (exact) mass is 196 g/mol. The van der Waals surface area contributed by atoms with Crippen molar-refractivity contribution in [3.63, 3.8) is 0 Å². The molecule has 0 saturated heterocycles. The number of hydrogen-bond acceptors (Lipinski definition) is 2. The molecule has 2 heteroatoms. The first-order chi connectivity index (χ1) is 6.34. The van der Waals surface area contributed by atoms with Gasteiger partial charge >= 0.3 is 0 Å². The van der Waals surface area contributed by atoms with Crippen molar-refractivity contribution >= 4 is 11.6 Å². The maximum absolute atomic E-state index is 11.5. The van der Waals surface area contributed by atoms with Crippen LogP contribution in [-0.4, -0.2) is 11.6 Å². The summed E-state index contributed by atoms with van der Waals surface area (Å²) in [5.74, 6) is 0.543. The molecule has 0 rings (SSSR count). The van der Waals surface area contributed by atoms with Gasteiger partial charge in [0.1, 0.15) is 5.78 Å². The zero-order valence-corrected chi connectivity index (χ0v) is 9.81. The Kier molecular flexibility index (Phi) is 5.36. The van der Waals surface area contributed by atoms with Gasteiger partial charge in [0.25, 0.3) is 0 Å². The zero-order chi connectivity index (χ0) is 11.3. The van der Waals surface area contributed by atoms with Gasteiger partial charge in [-0.05, 0) is 26.7 Å². The Morgan fingerprint density at radius 1 is 1.07 bits per heavy atom. The highest BCUT2D eigenvalue weighted by Gasteiger charge is 2.12. The van der Waals surface area contributed by atoms with E-state index in [1.165, 1.54) is 6.92 Å². The van der Waals surface area contributed by atoms with Gasteiger partial charge in [0.2, 0.25) is 0 Å². The molecule has 0 radical (unpaired) electrons. The molecule has 0 heterocycles. The SMILES string of the molecule is CC(=O)C(CC(=O)CC(C)C)=C(C)C. The van der Waals surface area contributed by atoms with E-state index in [1.54, 1.807) is 0 Å². The number of ketones is 2. The molecule has 0 aromatic carbocycles. The van der Waals surface area contributed by atoms with Gasteiger partial charge in [-0.25, -0.2) is 0 Å². The van der Waals surface area contributed by atoms with Crippen LogP contribution in [0.15, 0.2) is 11.1 Å². The lowest BCUT2D eigenvalue weighted by Gasteiger charge is -2.07. The number of rotatable bonds is 5. The van der Waals surface area contributed by atoms with E-state index in [0.717, 1.165) is 5.57 Å². The molecule has 0 unspecified atom stereocenters. The highest BCUT2D eigenvalue weighted by molar-refractivity contribution is 5.99. The summed E-state index contributed by atoms with van der Waals surface area (Å²) in [7, 11) is 0. The fourth-order valence-corrected chi connectivity index (χ4v) is 1.38. The molecule has 2 nitrogen and oxygen atoms in total. The van der Waals surface area contributed by atoms with Crippen LogP contribution in [0.4, 0.5) is 0 Å². The van der Waals surface area contributed by atoms with Gasteiger partial charge in [-0.1, -0.05) is 19.4 Å². The van der Waals surface area contributed by atoms with Gasteiger partial charge < -0.3 is 0 Å². The minimum atomic E-state index is 0.0158. The summed E-state index contributed by atoms with van der Waals surface area (Å²) in [4.78, 5) is 22.7. The summed E-state index contributed by atoms with van der Waals surface area (Å²) in [6.45, 7) is 9.28. The quantitative estimate of drug-likeness (QED) is 0.633. The number of carbonyl (C=O) groups excluding carboxylic acids is 2. The third-order valence-corrected chi connectivity index (χ3v) is 2.04. The van der Waals surface area contributed by atoms with Crippen molar-refractivity contribution in [2.75, 3.05) is 0 Å². The molecule has 80 valence electrons. The van der Waals surface area contributed by atoms with E-state index in [4.69, 9.17) is 0 Å². The van der Waals surface area contributed by atoms with Gasteiger partial charge in [0.05, 0.1) is 0 Å². The van der Waals surface area contributed by atoms with Crippen molar-refractivity contribution in [2.24, 2.45) is 5.92 Å². The zero-order valence-electron chi connectivity index (χ0n) is 9.81. The first-order valence-corrected chi connectivity index (χ1v) is 5.03. The first-order valence-electron chi connectivity index (χ1n) is 5.03. The second-order valence-corrected chi connectivity index (χ2v) is 4.35. The highest BCUT2D eigenvalue weighted by atomic mass is 16.1. The second-order valence-electron chi connectivity index (χ2n) is 4.35. The molecule has 0 spiro atoms. The average Bonchev–Trinajstić information content (AvgIpc) is 1.97. The molecule has 0 atom stereocenters. The lowest BCUT2D eigenvalue weighted by Crippen LogP contribution is -2.09. The van der Waals surface area contributed by atoms with Crippen LogP contribution in [-0.2, 0) is 9.59 Å². The third-order valence-electron chi connectivity index (χ3n) is 2.04. The van der Waals surface area contributed by atoms with Gasteiger partial charge in [0.15, 0.2) is 5.78 Å². The van der Waals surface area contributed by atoms with Gasteiger partial charge in [0, 0.05) is 18.4 Å². The molecule has 0 aliphatic rings. The predicted molar refractivity (Wildman–Crippen MR) is 58.1 cm³/mol. The summed E-state index contributed by atoms with van der Waals surface area (Å²) < 4.78 is 0. The Balaban J connectivity index is 4.42. The van der Waals surface area contributed by atoms with E-state index in [9.17, 15) is 9.59 Å². The van der Waals surface area contributed by atoms with Crippen LogP contribution in [0, 0.1) is 5.92 Å². The van der Waals surface area contributed by atoms with Crippen molar-refractivity contribution < 1.29 is 9.59 Å². The number of carbonyl (C=O) groups is 2. The molecule has 14 heavy (non-hydrogen) atoms. The van der Waals surface area contributed by atoms with Gasteiger partial charge in [-0.3, -0.25) is 9.59 Å². The fraction of sp³-hybridized carbons (Fsp3) is 0.667. The molecule has 0 aliphatic carbocycles. The topological polar surface area (TPSA) is 34.1 Å². The van der Waals surface area contributed by atoms with Crippen LogP contribution in [0.25, 0.3) is 0 Å². The smallest absolute Gasteiger partial charge is 0.156 e. The molecule has 0 amide bonds. The van der Waals surface area contributed by atoms with E-state index in [1.807, 2.05) is 27.7 Å². The van der Waals surface area contributed by atoms with Gasteiger partial charge in [-0.15, -0.1) is 0 Å². The summed E-state index contributed by atoms with van der Waals surface area (Å²) in [5, 5.41) is 0. The Bertz CT molecular complexity index is 255. The molecule has 0 saturated carbocycles.